The molecule has 0 saturated carbocycles. The number of esters is 8. The zero-order valence-electron chi connectivity index (χ0n) is 35.0. The highest BCUT2D eigenvalue weighted by Crippen LogP contribution is 2.55. The van der Waals surface area contributed by atoms with Crippen LogP contribution in [0.4, 0.5) is 0 Å². The summed E-state index contributed by atoms with van der Waals surface area (Å²) in [5, 5.41) is 45.3. The average molecular weight is 947 g/mol. The largest absolute Gasteiger partial charge is 0.506 e. The molecule has 24 nitrogen and oxygen atoms in total. The van der Waals surface area contributed by atoms with Crippen LogP contribution in [0.25, 0.3) is 5.76 Å². The Hall–Kier alpha value is -6.12. The Morgan fingerprint density at radius 2 is 0.750 bits per heavy atom. The van der Waals surface area contributed by atoms with E-state index in [0.717, 1.165) is 55.4 Å². The van der Waals surface area contributed by atoms with Gasteiger partial charge in [0.05, 0.1) is 20.9 Å². The number of thioether (sulfide) groups is 2. The highest BCUT2D eigenvalue weighted by atomic mass is 32.2. The molecular weight excluding hydrogens is 905 g/mol. The number of aromatic hydroxyl groups is 2. The highest BCUT2D eigenvalue weighted by Gasteiger charge is 2.55. The number of benzene rings is 1. The minimum absolute atomic E-state index is 0.275. The van der Waals surface area contributed by atoms with E-state index < -0.39 is 176 Å². The number of aliphatic hydroxyl groups excluding tert-OH is 2. The summed E-state index contributed by atoms with van der Waals surface area (Å²) in [4.78, 5) is 124. The third kappa shape index (κ3) is 11.7. The fourth-order valence-electron chi connectivity index (χ4n) is 6.60. The van der Waals surface area contributed by atoms with E-state index in [1.807, 2.05) is 0 Å². The molecule has 0 amide bonds. The van der Waals surface area contributed by atoms with Gasteiger partial charge < -0.3 is 67.8 Å². The molecule has 1 aliphatic carbocycles. The number of allylic oxidation sites excluding steroid dienone is 1. The van der Waals surface area contributed by atoms with Crippen LogP contribution in [-0.4, -0.2) is 153 Å². The van der Waals surface area contributed by atoms with Crippen molar-refractivity contribution in [1.82, 2.24) is 0 Å². The minimum Gasteiger partial charge on any atom is -0.506 e. The standard InChI is InChI=1S/C38H42O24S2/c1-11(39)53-9-19-29(55-13(3)41)31(57-15(5)43)33(59-17(7)45)37(61-19)63-35-25(49)21-22(24(48)28(52)27(51)23(21)47)26(50)36(35)64-38-34(60-18(8)46)32(58-16(6)44)30(56-14(4)42)20(62-38)10-54-12(2)40/h19-20,29-34,37-38,47,49-51H,9-10H2,1-8H3/t19-,20-,29-,30-,31+,32+,33-,34-,37+,38+/m1/s1. The number of hydrogen-bond donors (Lipinski definition) is 4. The van der Waals surface area contributed by atoms with E-state index in [-0.39, 0.29) is 23.5 Å². The van der Waals surface area contributed by atoms with E-state index in [4.69, 9.17) is 47.4 Å². The monoisotopic (exact) mass is 946 g/mol. The van der Waals surface area contributed by atoms with E-state index in [0.29, 0.717) is 0 Å². The molecule has 4 N–H and O–H groups in total. The van der Waals surface area contributed by atoms with Crippen LogP contribution in [-0.2, 0) is 90.5 Å². The van der Waals surface area contributed by atoms with Crippen molar-refractivity contribution in [3.8, 4) is 11.5 Å². The quantitative estimate of drug-likeness (QED) is 0.0874. The maximum absolute atomic E-state index is 13.4. The van der Waals surface area contributed by atoms with E-state index in [1.54, 1.807) is 0 Å². The lowest BCUT2D eigenvalue weighted by molar-refractivity contribution is -0.237. The van der Waals surface area contributed by atoms with Gasteiger partial charge in [-0.3, -0.25) is 47.9 Å². The minimum atomic E-state index is -1.85. The SMILES string of the molecule is CC(=O)OC[C@H]1O[C@@H](Sc2c(O)c3c(c(O)c2S[C@@H]2O[C@H](COC(C)=O)[C@@H](OC(C)=O)[C@H](OC(C)=O)[C@H]2OC(C)=O)C(O)=C(O)C(=O)C3=O)[C@H](OC(C)=O)[C@@H](OC(C)=O)[C@@H]1OC(C)=O. The molecule has 64 heavy (non-hydrogen) atoms. The zero-order chi connectivity index (χ0) is 48.1. The number of ether oxygens (including phenoxy) is 10. The summed E-state index contributed by atoms with van der Waals surface area (Å²) in [6.45, 7) is 6.32. The summed E-state index contributed by atoms with van der Waals surface area (Å²) in [7, 11) is 0. The second-order valence-corrected chi connectivity index (χ2v) is 16.0. The maximum Gasteiger partial charge on any atom is 0.303 e. The molecule has 0 bridgehead atoms. The summed E-state index contributed by atoms with van der Waals surface area (Å²) in [6, 6.07) is 0. The van der Waals surface area contributed by atoms with Gasteiger partial charge in [0.2, 0.25) is 11.5 Å². The van der Waals surface area contributed by atoms with Crippen LogP contribution in [0.15, 0.2) is 15.6 Å². The molecule has 26 heteroatoms. The number of carbonyl (C=O) groups is 10. The Bertz CT molecular complexity index is 2150. The molecule has 1 aromatic carbocycles. The number of fused-ring (bicyclic) bond motifs is 1. The first-order valence-corrected chi connectivity index (χ1v) is 20.4. The second-order valence-electron chi connectivity index (χ2n) is 13.8. The zero-order valence-corrected chi connectivity index (χ0v) is 36.6. The predicted octanol–water partition coefficient (Wildman–Crippen LogP) is 0.998. The fourth-order valence-corrected chi connectivity index (χ4v) is 9.27. The number of carbonyl (C=O) groups excluding carboxylic acids is 10. The van der Waals surface area contributed by atoms with Crippen molar-refractivity contribution < 1.29 is 116 Å². The van der Waals surface area contributed by atoms with Crippen molar-refractivity contribution in [2.24, 2.45) is 0 Å². The number of phenolic OH excluding ortho intramolecular Hbond substituents is 2. The maximum atomic E-state index is 13.4. The Kier molecular flexibility index (Phi) is 16.6. The molecule has 10 atom stereocenters. The highest BCUT2D eigenvalue weighted by molar-refractivity contribution is 8.03. The first-order chi connectivity index (χ1) is 29.8. The smallest absolute Gasteiger partial charge is 0.303 e. The van der Waals surface area contributed by atoms with Crippen molar-refractivity contribution >= 4 is 88.6 Å². The Labute approximate surface area is 370 Å². The average Bonchev–Trinajstić information content (AvgIpc) is 3.17. The third-order valence-corrected chi connectivity index (χ3v) is 11.5. The van der Waals surface area contributed by atoms with Crippen molar-refractivity contribution in [3.05, 3.63) is 16.9 Å². The van der Waals surface area contributed by atoms with Gasteiger partial charge in [0.1, 0.15) is 47.8 Å². The normalized spacial score (nSPS) is 26.4. The molecule has 2 fully saturated rings. The predicted molar refractivity (Wildman–Crippen MR) is 207 cm³/mol. The molecule has 0 aromatic heterocycles. The van der Waals surface area contributed by atoms with Crippen molar-refractivity contribution in [3.63, 3.8) is 0 Å². The molecule has 350 valence electrons. The molecule has 3 aliphatic rings. The summed E-state index contributed by atoms with van der Waals surface area (Å²) < 4.78 is 55.2. The van der Waals surface area contributed by atoms with Crippen molar-refractivity contribution in [1.29, 1.82) is 0 Å². The van der Waals surface area contributed by atoms with Crippen LogP contribution in [0, 0.1) is 0 Å². The summed E-state index contributed by atoms with van der Waals surface area (Å²) >= 11 is 0.563. The number of phenols is 2. The van der Waals surface area contributed by atoms with Crippen LogP contribution in [0.2, 0.25) is 0 Å². The number of rotatable bonds is 14. The van der Waals surface area contributed by atoms with Crippen LogP contribution in [0.5, 0.6) is 11.5 Å². The van der Waals surface area contributed by atoms with Gasteiger partial charge >= 0.3 is 47.8 Å². The summed E-state index contributed by atoms with van der Waals surface area (Å²) in [5.74, 6) is -16.5. The molecule has 1 aromatic rings. The van der Waals surface area contributed by atoms with Crippen molar-refractivity contribution in [2.45, 2.75) is 125 Å². The van der Waals surface area contributed by atoms with Crippen LogP contribution in [0.1, 0.15) is 71.3 Å². The molecular formula is C38H42O24S2. The van der Waals surface area contributed by atoms with Gasteiger partial charge in [-0.15, -0.1) is 0 Å². The van der Waals surface area contributed by atoms with Crippen LogP contribution < -0.4 is 0 Å². The third-order valence-electron chi connectivity index (χ3n) is 8.83. The lowest BCUT2D eigenvalue weighted by Gasteiger charge is -2.45. The molecule has 2 saturated heterocycles. The number of ketones is 2. The molecule has 0 radical (unpaired) electrons. The number of aliphatic hydroxyl groups is 2. The van der Waals surface area contributed by atoms with Crippen LogP contribution >= 0.6 is 23.5 Å². The molecule has 4 rings (SSSR count). The van der Waals surface area contributed by atoms with E-state index in [9.17, 15) is 68.4 Å². The van der Waals surface area contributed by atoms with Gasteiger partial charge in [-0.25, -0.2) is 0 Å². The van der Waals surface area contributed by atoms with Gasteiger partial charge in [-0.1, -0.05) is 23.5 Å². The molecule has 2 heterocycles. The molecule has 2 aliphatic heterocycles. The first-order valence-electron chi connectivity index (χ1n) is 18.6. The van der Waals surface area contributed by atoms with Crippen molar-refractivity contribution in [2.75, 3.05) is 13.2 Å². The van der Waals surface area contributed by atoms with Gasteiger partial charge in [0.25, 0.3) is 5.78 Å². The molecule has 0 spiro atoms. The molecule has 0 unspecified atom stereocenters. The lowest BCUT2D eigenvalue weighted by atomic mass is 9.91. The van der Waals surface area contributed by atoms with Gasteiger partial charge in [0.15, 0.2) is 42.4 Å². The second kappa shape index (κ2) is 21.0. The van der Waals surface area contributed by atoms with E-state index >= 15 is 0 Å². The fraction of sp³-hybridized carbons (Fsp3) is 0.526. The Morgan fingerprint density at radius 3 is 1.08 bits per heavy atom. The summed E-state index contributed by atoms with van der Waals surface area (Å²) in [5.41, 5.74) is -5.72. The summed E-state index contributed by atoms with van der Waals surface area (Å²) in [6.07, 6.45) is -13.7. The topological polar surface area (TPSA) is 344 Å². The van der Waals surface area contributed by atoms with E-state index in [1.165, 1.54) is 0 Å². The number of Topliss-reactive ketones (excluding diaryl/α,β-unsaturated/α-hetero) is 2. The Morgan fingerprint density at radius 1 is 0.438 bits per heavy atom. The van der Waals surface area contributed by atoms with Gasteiger partial charge in [0, 0.05) is 55.4 Å². The van der Waals surface area contributed by atoms with Gasteiger partial charge in [-0.05, 0) is 0 Å². The lowest BCUT2D eigenvalue weighted by Crippen LogP contribution is -2.61. The first kappa shape index (κ1) is 50.5. The van der Waals surface area contributed by atoms with Gasteiger partial charge in [-0.2, -0.15) is 0 Å². The van der Waals surface area contributed by atoms with E-state index in [2.05, 4.69) is 0 Å². The number of hydrogen-bond acceptors (Lipinski definition) is 26. The Balaban J connectivity index is 2.05. The van der Waals surface area contributed by atoms with Crippen LogP contribution in [0.3, 0.4) is 0 Å².